The van der Waals surface area contributed by atoms with Gasteiger partial charge in [0, 0.05) is 6.54 Å². The summed E-state index contributed by atoms with van der Waals surface area (Å²) < 4.78 is 31.8. The van der Waals surface area contributed by atoms with E-state index < -0.39 is 22.0 Å². The van der Waals surface area contributed by atoms with E-state index in [1.165, 1.54) is 6.07 Å². The highest BCUT2D eigenvalue weighted by molar-refractivity contribution is 7.92. The van der Waals surface area contributed by atoms with Crippen LogP contribution in [0.3, 0.4) is 0 Å². The molecule has 21 heavy (non-hydrogen) atoms. The molecule has 1 atom stereocenters. The topological polar surface area (TPSA) is 75.7 Å². The number of hydrogen-bond donors (Lipinski definition) is 1. The van der Waals surface area contributed by atoms with Crippen molar-refractivity contribution in [2.24, 2.45) is 0 Å². The van der Waals surface area contributed by atoms with E-state index in [0.29, 0.717) is 13.2 Å². The third-order valence-corrected chi connectivity index (χ3v) is 6.08. The molecule has 0 radical (unpaired) electrons. The van der Waals surface area contributed by atoms with Gasteiger partial charge in [0.1, 0.15) is 10.3 Å². The Balaban J connectivity index is 2.04. The third kappa shape index (κ3) is 4.26. The lowest BCUT2D eigenvalue weighted by Gasteiger charge is -2.34. The zero-order valence-corrected chi connectivity index (χ0v) is 13.6. The van der Waals surface area contributed by atoms with Gasteiger partial charge in [0.25, 0.3) is 15.9 Å². The lowest BCUT2D eigenvalue weighted by atomic mass is 10.2. The quantitative estimate of drug-likeness (QED) is 0.843. The van der Waals surface area contributed by atoms with Gasteiger partial charge in [0.05, 0.1) is 13.2 Å². The maximum Gasteiger partial charge on any atom is 0.273 e. The molecule has 1 N–H and O–H groups in total. The van der Waals surface area contributed by atoms with Crippen molar-refractivity contribution in [1.82, 2.24) is 9.62 Å². The second-order valence-electron chi connectivity index (χ2n) is 4.88. The molecular weight excluding hydrogens is 312 g/mol. The number of hydrogen-bond acceptors (Lipinski definition) is 6. The average Bonchev–Trinajstić information content (AvgIpc) is 3.00. The molecule has 0 unspecified atom stereocenters. The first-order valence-electron chi connectivity index (χ1n) is 6.96. The number of thiophene rings is 1. The Morgan fingerprint density at radius 3 is 3.05 bits per heavy atom. The number of carbonyl (C=O) groups excluding carboxylic acids is 1. The minimum Gasteiger partial charge on any atom is -0.378 e. The van der Waals surface area contributed by atoms with Crippen LogP contribution in [0.5, 0.6) is 0 Å². The lowest BCUT2D eigenvalue weighted by molar-refractivity contribution is -0.130. The predicted octanol–water partition coefficient (Wildman–Crippen LogP) is 1.05. The number of morpholine rings is 1. The molecule has 0 aromatic carbocycles. The van der Waals surface area contributed by atoms with Crippen LogP contribution in [-0.4, -0.2) is 51.6 Å². The van der Waals surface area contributed by atoms with Gasteiger partial charge in [-0.25, -0.2) is 13.1 Å². The van der Waals surface area contributed by atoms with Crippen molar-refractivity contribution >= 4 is 27.3 Å². The number of rotatable bonds is 6. The number of nitrogens with one attached hydrogen (secondary N) is 1. The first-order valence-corrected chi connectivity index (χ1v) is 9.33. The van der Waals surface area contributed by atoms with Crippen LogP contribution in [0, 0.1) is 0 Å². The highest BCUT2D eigenvalue weighted by atomic mass is 32.2. The van der Waals surface area contributed by atoms with E-state index >= 15 is 0 Å². The molecule has 1 aliphatic heterocycles. The maximum absolute atomic E-state index is 12.3. The van der Waals surface area contributed by atoms with Gasteiger partial charge in [0.2, 0.25) is 0 Å². The molecule has 2 heterocycles. The molecule has 1 saturated heterocycles. The van der Waals surface area contributed by atoms with Gasteiger partial charge in [-0.15, -0.1) is 11.3 Å². The molecule has 1 amide bonds. The van der Waals surface area contributed by atoms with Gasteiger partial charge in [-0.1, -0.05) is 19.4 Å². The van der Waals surface area contributed by atoms with Crippen LogP contribution < -0.4 is 4.72 Å². The molecule has 1 fully saturated rings. The largest absolute Gasteiger partial charge is 0.378 e. The third-order valence-electron chi connectivity index (χ3n) is 3.34. The van der Waals surface area contributed by atoms with E-state index in [1.807, 2.05) is 4.90 Å². The summed E-state index contributed by atoms with van der Waals surface area (Å²) in [6, 6.07) is 2.58. The van der Waals surface area contributed by atoms with Crippen molar-refractivity contribution in [1.29, 1.82) is 0 Å². The van der Waals surface area contributed by atoms with Gasteiger partial charge >= 0.3 is 0 Å². The average molecular weight is 332 g/mol. The molecule has 118 valence electrons. The van der Waals surface area contributed by atoms with E-state index in [1.54, 1.807) is 11.4 Å². The minimum absolute atomic E-state index is 0.146. The molecule has 1 aromatic rings. The minimum atomic E-state index is -3.77. The molecule has 1 aromatic heterocycles. The smallest absolute Gasteiger partial charge is 0.273 e. The highest BCUT2D eigenvalue weighted by Crippen LogP contribution is 2.16. The van der Waals surface area contributed by atoms with Crippen molar-refractivity contribution in [3.63, 3.8) is 0 Å². The van der Waals surface area contributed by atoms with Crippen LogP contribution in [-0.2, 0) is 19.6 Å². The molecule has 8 heteroatoms. The first kappa shape index (κ1) is 16.4. The monoisotopic (exact) mass is 332 g/mol. The number of amides is 1. The van der Waals surface area contributed by atoms with Crippen LogP contribution in [0.4, 0.5) is 0 Å². The second-order valence-corrected chi connectivity index (χ2v) is 7.74. The predicted molar refractivity (Wildman–Crippen MR) is 80.7 cm³/mol. The summed E-state index contributed by atoms with van der Waals surface area (Å²) in [5, 5.41) is 1.66. The van der Waals surface area contributed by atoms with Crippen LogP contribution in [0.1, 0.15) is 19.8 Å². The zero-order chi connectivity index (χ0) is 15.3. The zero-order valence-electron chi connectivity index (χ0n) is 11.9. The summed E-state index contributed by atoms with van der Waals surface area (Å²) in [7, 11) is -3.77. The molecule has 0 aliphatic carbocycles. The van der Waals surface area contributed by atoms with Crippen LogP contribution in [0.15, 0.2) is 21.7 Å². The summed E-state index contributed by atoms with van der Waals surface area (Å²) in [6.45, 7) is 4.31. The molecule has 0 saturated carbocycles. The van der Waals surface area contributed by atoms with Crippen LogP contribution in [0.25, 0.3) is 0 Å². The molecule has 0 bridgehead atoms. The van der Waals surface area contributed by atoms with Gasteiger partial charge in [-0.2, -0.15) is 0 Å². The molecule has 6 nitrogen and oxygen atoms in total. The van der Waals surface area contributed by atoms with Crippen molar-refractivity contribution < 1.29 is 17.9 Å². The summed E-state index contributed by atoms with van der Waals surface area (Å²) in [6.07, 6.45) is 2.00. The Morgan fingerprint density at radius 2 is 2.38 bits per heavy atom. The number of unbranched alkanes of at least 4 members (excludes halogenated alkanes) is 1. The van der Waals surface area contributed by atoms with E-state index in [-0.39, 0.29) is 10.8 Å². The SMILES string of the molecule is CCCCN1CCOC[C@@H]1C(=O)NS(=O)(=O)c1cccs1. The fraction of sp³-hybridized carbons (Fsp3) is 0.615. The highest BCUT2D eigenvalue weighted by Gasteiger charge is 2.32. The summed E-state index contributed by atoms with van der Waals surface area (Å²) >= 11 is 1.09. The molecule has 1 aliphatic rings. The van der Waals surface area contributed by atoms with Crippen molar-refractivity contribution in [2.75, 3.05) is 26.3 Å². The van der Waals surface area contributed by atoms with Crippen LogP contribution >= 0.6 is 11.3 Å². The van der Waals surface area contributed by atoms with E-state index in [4.69, 9.17) is 4.74 Å². The van der Waals surface area contributed by atoms with Gasteiger partial charge in [0.15, 0.2) is 0 Å². The van der Waals surface area contributed by atoms with Crippen LogP contribution in [0.2, 0.25) is 0 Å². The van der Waals surface area contributed by atoms with Crippen molar-refractivity contribution in [2.45, 2.75) is 30.0 Å². The van der Waals surface area contributed by atoms with Crippen molar-refractivity contribution in [3.8, 4) is 0 Å². The Hall–Kier alpha value is -0.960. The lowest BCUT2D eigenvalue weighted by Crippen LogP contribution is -2.54. The molecular formula is C13H20N2O4S2. The number of ether oxygens (including phenoxy) is 1. The number of sulfonamides is 1. The summed E-state index contributed by atoms with van der Waals surface area (Å²) in [5.74, 6) is -0.515. The Labute approximate surface area is 129 Å². The Bertz CT molecular complexity index is 557. The first-order chi connectivity index (χ1) is 10.0. The Kier molecular flexibility index (Phi) is 5.74. The van der Waals surface area contributed by atoms with Gasteiger partial charge in [-0.05, 0) is 24.4 Å². The standard InChI is InChI=1S/C13H20N2O4S2/c1-2-3-6-15-7-8-19-10-11(15)13(16)14-21(17,18)12-5-4-9-20-12/h4-5,9,11H,2-3,6-8,10H2,1H3,(H,14,16)/t11-/m1/s1. The molecule has 2 rings (SSSR count). The van der Waals surface area contributed by atoms with E-state index in [9.17, 15) is 13.2 Å². The number of carbonyl (C=O) groups is 1. The fourth-order valence-corrected chi connectivity index (χ4v) is 4.18. The summed E-state index contributed by atoms with van der Waals surface area (Å²) in [5.41, 5.74) is 0. The van der Waals surface area contributed by atoms with E-state index in [0.717, 1.165) is 30.7 Å². The fourth-order valence-electron chi connectivity index (χ4n) is 2.18. The Morgan fingerprint density at radius 1 is 1.57 bits per heavy atom. The molecule has 0 spiro atoms. The summed E-state index contributed by atoms with van der Waals surface area (Å²) in [4.78, 5) is 14.3. The second kappa shape index (κ2) is 7.35. The normalized spacial score (nSPS) is 20.3. The van der Waals surface area contributed by atoms with E-state index in [2.05, 4.69) is 11.6 Å². The van der Waals surface area contributed by atoms with Gasteiger partial charge in [-0.3, -0.25) is 9.69 Å². The van der Waals surface area contributed by atoms with Gasteiger partial charge < -0.3 is 4.74 Å². The maximum atomic E-state index is 12.3. The van der Waals surface area contributed by atoms with Crippen molar-refractivity contribution in [3.05, 3.63) is 17.5 Å². The number of nitrogens with zero attached hydrogens (tertiary/aromatic N) is 1.